The number of nitrogens with two attached hydrogens (primary N) is 1. The third-order valence-electron chi connectivity index (χ3n) is 3.70. The molecule has 2 rings (SSSR count). The Hall–Kier alpha value is -0.810. The van der Waals surface area contributed by atoms with E-state index in [1.54, 1.807) is 0 Å². The van der Waals surface area contributed by atoms with Gasteiger partial charge in [-0.15, -0.1) is 24.8 Å². The van der Waals surface area contributed by atoms with Crippen LogP contribution in [0, 0.1) is 0 Å². The summed E-state index contributed by atoms with van der Waals surface area (Å²) in [4.78, 5) is 14.3. The van der Waals surface area contributed by atoms with E-state index in [9.17, 15) is 4.79 Å². The first-order valence-electron chi connectivity index (χ1n) is 6.93. The fourth-order valence-electron chi connectivity index (χ4n) is 2.42. The Morgan fingerprint density at radius 1 is 1.29 bits per heavy atom. The van der Waals surface area contributed by atoms with Gasteiger partial charge in [0.15, 0.2) is 0 Å². The van der Waals surface area contributed by atoms with Gasteiger partial charge in [0, 0.05) is 6.04 Å². The highest BCUT2D eigenvalue weighted by Crippen LogP contribution is 2.09. The van der Waals surface area contributed by atoms with E-state index < -0.39 is 6.04 Å². The Morgan fingerprint density at radius 3 is 2.43 bits per heavy atom. The highest BCUT2D eigenvalue weighted by atomic mass is 35.5. The number of nitrogens with zero attached hydrogens (tertiary/aromatic N) is 1. The van der Waals surface area contributed by atoms with Crippen LogP contribution in [0.1, 0.15) is 18.4 Å². The number of likely N-dealkylation sites (tertiary alicyclic amines) is 1. The Morgan fingerprint density at radius 2 is 1.86 bits per heavy atom. The fourth-order valence-corrected chi connectivity index (χ4v) is 2.42. The van der Waals surface area contributed by atoms with Crippen molar-refractivity contribution in [3.05, 3.63) is 35.9 Å². The summed E-state index contributed by atoms with van der Waals surface area (Å²) >= 11 is 0. The molecule has 0 radical (unpaired) electrons. The molecular weight excluding hydrogens is 309 g/mol. The summed E-state index contributed by atoms with van der Waals surface area (Å²) in [5, 5.41) is 3.07. The Kier molecular flexibility index (Phi) is 9.62. The highest BCUT2D eigenvalue weighted by molar-refractivity contribution is 5.85. The molecule has 6 heteroatoms. The van der Waals surface area contributed by atoms with Crippen molar-refractivity contribution in [3.63, 3.8) is 0 Å². The summed E-state index contributed by atoms with van der Waals surface area (Å²) in [6, 6.07) is 9.74. The summed E-state index contributed by atoms with van der Waals surface area (Å²) in [5.41, 5.74) is 7.08. The average Bonchev–Trinajstić information content (AvgIpc) is 2.42. The van der Waals surface area contributed by atoms with Gasteiger partial charge in [0.25, 0.3) is 0 Å². The van der Waals surface area contributed by atoms with Crippen LogP contribution in [0.3, 0.4) is 0 Å². The molecule has 4 nitrogen and oxygen atoms in total. The molecule has 0 spiro atoms. The lowest BCUT2D eigenvalue weighted by Crippen LogP contribution is -2.49. The fraction of sp³-hybridized carbons (Fsp3) is 0.533. The number of hydrogen-bond acceptors (Lipinski definition) is 3. The predicted octanol–water partition coefficient (Wildman–Crippen LogP) is 1.61. The Labute approximate surface area is 139 Å². The molecule has 120 valence electrons. The zero-order valence-electron chi connectivity index (χ0n) is 12.3. The first-order valence-corrected chi connectivity index (χ1v) is 6.93. The van der Waals surface area contributed by atoms with E-state index in [2.05, 4.69) is 17.3 Å². The quantitative estimate of drug-likeness (QED) is 0.880. The number of rotatable bonds is 4. The zero-order chi connectivity index (χ0) is 13.7. The third kappa shape index (κ3) is 6.66. The summed E-state index contributed by atoms with van der Waals surface area (Å²) in [7, 11) is 2.11. The van der Waals surface area contributed by atoms with Gasteiger partial charge in [-0.1, -0.05) is 30.3 Å². The largest absolute Gasteiger partial charge is 0.352 e. The number of carbonyl (C=O) groups excluding carboxylic acids is 1. The first kappa shape index (κ1) is 20.2. The molecule has 1 saturated heterocycles. The first-order chi connectivity index (χ1) is 9.15. The highest BCUT2D eigenvalue weighted by Gasteiger charge is 2.21. The van der Waals surface area contributed by atoms with Crippen LogP contribution < -0.4 is 11.1 Å². The van der Waals surface area contributed by atoms with Gasteiger partial charge >= 0.3 is 0 Å². The van der Waals surface area contributed by atoms with Gasteiger partial charge in [-0.3, -0.25) is 4.79 Å². The predicted molar refractivity (Wildman–Crippen MR) is 91.3 cm³/mol. The Balaban J connectivity index is 0.00000200. The van der Waals surface area contributed by atoms with Gasteiger partial charge < -0.3 is 16.0 Å². The van der Waals surface area contributed by atoms with E-state index in [0.29, 0.717) is 6.42 Å². The maximum Gasteiger partial charge on any atom is 0.237 e. The molecule has 0 saturated carbocycles. The van der Waals surface area contributed by atoms with Crippen LogP contribution in [-0.4, -0.2) is 43.0 Å². The van der Waals surface area contributed by atoms with Crippen molar-refractivity contribution in [1.29, 1.82) is 0 Å². The van der Waals surface area contributed by atoms with Crippen molar-refractivity contribution < 1.29 is 4.79 Å². The third-order valence-corrected chi connectivity index (χ3v) is 3.70. The summed E-state index contributed by atoms with van der Waals surface area (Å²) in [6.45, 7) is 2.08. The van der Waals surface area contributed by atoms with Crippen LogP contribution in [0.25, 0.3) is 0 Å². The van der Waals surface area contributed by atoms with Gasteiger partial charge in [-0.2, -0.15) is 0 Å². The molecular formula is C15H25Cl2N3O. The minimum Gasteiger partial charge on any atom is -0.352 e. The number of nitrogens with one attached hydrogen (secondary N) is 1. The molecule has 1 aromatic rings. The van der Waals surface area contributed by atoms with E-state index in [1.807, 2.05) is 30.3 Å². The zero-order valence-corrected chi connectivity index (χ0v) is 14.0. The van der Waals surface area contributed by atoms with Crippen LogP contribution in [0.5, 0.6) is 0 Å². The topological polar surface area (TPSA) is 58.4 Å². The SMILES string of the molecule is CN1CCC(NC(=O)C(N)Cc2ccccc2)CC1.Cl.Cl. The van der Waals surface area contributed by atoms with Crippen LogP contribution in [0.2, 0.25) is 0 Å². The normalized spacial score (nSPS) is 17.2. The molecule has 1 aliphatic rings. The molecule has 0 aromatic heterocycles. The van der Waals surface area contributed by atoms with E-state index in [-0.39, 0.29) is 36.8 Å². The van der Waals surface area contributed by atoms with Crippen LogP contribution >= 0.6 is 24.8 Å². The van der Waals surface area contributed by atoms with Crippen molar-refractivity contribution in [2.45, 2.75) is 31.3 Å². The lowest BCUT2D eigenvalue weighted by atomic mass is 10.0. The smallest absolute Gasteiger partial charge is 0.237 e. The maximum atomic E-state index is 12.0. The number of carbonyl (C=O) groups is 1. The van der Waals surface area contributed by atoms with E-state index in [0.717, 1.165) is 31.5 Å². The van der Waals surface area contributed by atoms with Gasteiger partial charge in [-0.05, 0) is 45.0 Å². The Bertz CT molecular complexity index is 409. The lowest BCUT2D eigenvalue weighted by Gasteiger charge is -2.30. The maximum absolute atomic E-state index is 12.0. The monoisotopic (exact) mass is 333 g/mol. The van der Waals surface area contributed by atoms with Gasteiger partial charge in [0.1, 0.15) is 0 Å². The number of benzene rings is 1. The second-order valence-electron chi connectivity index (χ2n) is 5.38. The second kappa shape index (κ2) is 10.0. The summed E-state index contributed by atoms with van der Waals surface area (Å²) in [6.07, 6.45) is 2.62. The molecule has 1 aromatic carbocycles. The molecule has 0 bridgehead atoms. The van der Waals surface area contributed by atoms with Gasteiger partial charge in [0.2, 0.25) is 5.91 Å². The van der Waals surface area contributed by atoms with Gasteiger partial charge in [0.05, 0.1) is 6.04 Å². The van der Waals surface area contributed by atoms with Crippen LogP contribution in [-0.2, 0) is 11.2 Å². The van der Waals surface area contributed by atoms with Gasteiger partial charge in [-0.25, -0.2) is 0 Å². The summed E-state index contributed by atoms with van der Waals surface area (Å²) < 4.78 is 0. The minimum absolute atomic E-state index is 0. The van der Waals surface area contributed by atoms with Crippen molar-refractivity contribution >= 4 is 30.7 Å². The molecule has 1 atom stereocenters. The van der Waals surface area contributed by atoms with Crippen LogP contribution in [0.4, 0.5) is 0 Å². The van der Waals surface area contributed by atoms with Crippen molar-refractivity contribution in [3.8, 4) is 0 Å². The van der Waals surface area contributed by atoms with Crippen molar-refractivity contribution in [2.75, 3.05) is 20.1 Å². The number of hydrogen-bond donors (Lipinski definition) is 2. The van der Waals surface area contributed by atoms with Crippen molar-refractivity contribution in [2.24, 2.45) is 5.73 Å². The molecule has 21 heavy (non-hydrogen) atoms. The molecule has 1 aliphatic heterocycles. The molecule has 1 amide bonds. The second-order valence-corrected chi connectivity index (χ2v) is 5.38. The number of amides is 1. The standard InChI is InChI=1S/C15H23N3O.2ClH/c1-18-9-7-13(8-10-18)17-15(19)14(16)11-12-5-3-2-4-6-12;;/h2-6,13-14H,7-11,16H2,1H3,(H,17,19);2*1H. The summed E-state index contributed by atoms with van der Waals surface area (Å²) in [5.74, 6) is -0.0293. The molecule has 1 heterocycles. The van der Waals surface area contributed by atoms with Crippen molar-refractivity contribution in [1.82, 2.24) is 10.2 Å². The molecule has 3 N–H and O–H groups in total. The molecule has 0 aliphatic carbocycles. The minimum atomic E-state index is -0.456. The molecule has 1 fully saturated rings. The number of halogens is 2. The lowest BCUT2D eigenvalue weighted by molar-refractivity contribution is -0.123. The van der Waals surface area contributed by atoms with E-state index in [1.165, 1.54) is 0 Å². The van der Waals surface area contributed by atoms with E-state index >= 15 is 0 Å². The average molecular weight is 334 g/mol. The van der Waals surface area contributed by atoms with E-state index in [4.69, 9.17) is 5.73 Å². The van der Waals surface area contributed by atoms with Crippen LogP contribution in [0.15, 0.2) is 30.3 Å². The number of piperidine rings is 1. The molecule has 1 unspecified atom stereocenters.